The topological polar surface area (TPSA) is 78.8 Å². The number of hydrogen-bond acceptors (Lipinski definition) is 4. The van der Waals surface area contributed by atoms with E-state index in [0.29, 0.717) is 11.3 Å². The molecule has 1 aromatic rings. The average Bonchev–Trinajstić information content (AvgIpc) is 2.35. The normalized spacial score (nSPS) is 14.0. The van der Waals surface area contributed by atoms with Gasteiger partial charge in [0.1, 0.15) is 18.0 Å². The van der Waals surface area contributed by atoms with Crippen molar-refractivity contribution in [2.45, 2.75) is 39.1 Å². The van der Waals surface area contributed by atoms with E-state index in [0.717, 1.165) is 0 Å². The first-order chi connectivity index (χ1) is 8.90. The molecule has 5 nitrogen and oxygen atoms in total. The SMILES string of the molecule is CC(=O)NCC(O)C(O)c1ccc(OC(C)C)cc1. The monoisotopic (exact) mass is 267 g/mol. The summed E-state index contributed by atoms with van der Waals surface area (Å²) in [6, 6.07) is 6.87. The van der Waals surface area contributed by atoms with Gasteiger partial charge in [-0.2, -0.15) is 0 Å². The molecule has 0 fully saturated rings. The van der Waals surface area contributed by atoms with E-state index in [1.54, 1.807) is 24.3 Å². The third kappa shape index (κ3) is 5.28. The van der Waals surface area contributed by atoms with Crippen molar-refractivity contribution in [1.82, 2.24) is 5.32 Å². The van der Waals surface area contributed by atoms with Crippen LogP contribution < -0.4 is 10.1 Å². The van der Waals surface area contributed by atoms with Gasteiger partial charge in [0, 0.05) is 13.5 Å². The molecule has 19 heavy (non-hydrogen) atoms. The number of nitrogens with one attached hydrogen (secondary N) is 1. The molecule has 0 aromatic heterocycles. The Morgan fingerprint density at radius 3 is 2.32 bits per heavy atom. The minimum atomic E-state index is -1.04. The summed E-state index contributed by atoms with van der Waals surface area (Å²) in [6.07, 6.45) is -2.00. The summed E-state index contributed by atoms with van der Waals surface area (Å²) >= 11 is 0. The maximum absolute atomic E-state index is 10.7. The van der Waals surface area contributed by atoms with E-state index in [9.17, 15) is 15.0 Å². The molecule has 0 saturated heterocycles. The highest BCUT2D eigenvalue weighted by atomic mass is 16.5. The fourth-order valence-corrected chi connectivity index (χ4v) is 1.60. The van der Waals surface area contributed by atoms with E-state index in [-0.39, 0.29) is 18.6 Å². The summed E-state index contributed by atoms with van der Waals surface area (Å²) in [5.41, 5.74) is 0.578. The summed E-state index contributed by atoms with van der Waals surface area (Å²) < 4.78 is 5.49. The highest BCUT2D eigenvalue weighted by Crippen LogP contribution is 2.20. The number of carbonyl (C=O) groups is 1. The molecule has 0 aliphatic carbocycles. The van der Waals surface area contributed by atoms with Crippen LogP contribution in [0, 0.1) is 0 Å². The van der Waals surface area contributed by atoms with Crippen molar-refractivity contribution in [2.24, 2.45) is 0 Å². The van der Waals surface area contributed by atoms with Crippen LogP contribution in [0.25, 0.3) is 0 Å². The van der Waals surface area contributed by atoms with Gasteiger partial charge in [-0.3, -0.25) is 4.79 Å². The Balaban J connectivity index is 2.61. The summed E-state index contributed by atoms with van der Waals surface area (Å²) in [7, 11) is 0. The number of rotatable bonds is 6. The maximum Gasteiger partial charge on any atom is 0.216 e. The van der Waals surface area contributed by atoms with Crippen LogP contribution in [0.4, 0.5) is 0 Å². The smallest absolute Gasteiger partial charge is 0.216 e. The Hall–Kier alpha value is -1.59. The lowest BCUT2D eigenvalue weighted by Gasteiger charge is -2.19. The lowest BCUT2D eigenvalue weighted by Crippen LogP contribution is -2.34. The minimum Gasteiger partial charge on any atom is -0.491 e. The number of ether oxygens (including phenoxy) is 1. The summed E-state index contributed by atoms with van der Waals surface area (Å²) in [5, 5.41) is 22.1. The zero-order valence-corrected chi connectivity index (χ0v) is 11.5. The van der Waals surface area contributed by atoms with Gasteiger partial charge in [0.2, 0.25) is 5.91 Å². The molecule has 1 aromatic carbocycles. The van der Waals surface area contributed by atoms with E-state index < -0.39 is 12.2 Å². The molecular weight excluding hydrogens is 246 g/mol. The van der Waals surface area contributed by atoms with Gasteiger partial charge in [-0.05, 0) is 31.5 Å². The third-order valence-corrected chi connectivity index (χ3v) is 2.52. The number of aliphatic hydroxyl groups is 2. The number of benzene rings is 1. The van der Waals surface area contributed by atoms with Crippen LogP contribution in [0.15, 0.2) is 24.3 Å². The second-order valence-electron chi connectivity index (χ2n) is 4.68. The fraction of sp³-hybridized carbons (Fsp3) is 0.500. The van der Waals surface area contributed by atoms with Crippen LogP contribution in [0.2, 0.25) is 0 Å². The summed E-state index contributed by atoms with van der Waals surface area (Å²) in [5.74, 6) is 0.467. The van der Waals surface area contributed by atoms with Gasteiger partial charge < -0.3 is 20.3 Å². The van der Waals surface area contributed by atoms with Crippen LogP contribution >= 0.6 is 0 Å². The van der Waals surface area contributed by atoms with Gasteiger partial charge in [-0.1, -0.05) is 12.1 Å². The molecule has 2 atom stereocenters. The maximum atomic E-state index is 10.7. The molecule has 0 radical (unpaired) electrons. The van der Waals surface area contributed by atoms with Crippen LogP contribution in [0.3, 0.4) is 0 Å². The summed E-state index contributed by atoms with van der Waals surface area (Å²) in [6.45, 7) is 5.23. The van der Waals surface area contributed by atoms with Crippen molar-refractivity contribution in [3.05, 3.63) is 29.8 Å². The molecule has 106 valence electrons. The predicted molar refractivity (Wildman–Crippen MR) is 71.9 cm³/mol. The van der Waals surface area contributed by atoms with Crippen molar-refractivity contribution in [2.75, 3.05) is 6.54 Å². The average molecular weight is 267 g/mol. The van der Waals surface area contributed by atoms with E-state index in [4.69, 9.17) is 4.74 Å². The fourth-order valence-electron chi connectivity index (χ4n) is 1.60. The molecule has 0 bridgehead atoms. The highest BCUT2D eigenvalue weighted by molar-refractivity contribution is 5.72. The van der Waals surface area contributed by atoms with Crippen molar-refractivity contribution >= 4 is 5.91 Å². The van der Waals surface area contributed by atoms with Crippen molar-refractivity contribution in [1.29, 1.82) is 0 Å². The van der Waals surface area contributed by atoms with E-state index in [1.165, 1.54) is 6.92 Å². The largest absolute Gasteiger partial charge is 0.491 e. The van der Waals surface area contributed by atoms with Gasteiger partial charge in [-0.25, -0.2) is 0 Å². The molecule has 2 unspecified atom stereocenters. The van der Waals surface area contributed by atoms with Crippen molar-refractivity contribution in [3.63, 3.8) is 0 Å². The molecule has 1 amide bonds. The predicted octanol–water partition coefficient (Wildman–Crippen LogP) is 1.00. The van der Waals surface area contributed by atoms with Crippen LogP contribution in [-0.4, -0.2) is 34.9 Å². The van der Waals surface area contributed by atoms with Crippen LogP contribution in [0.5, 0.6) is 5.75 Å². The molecule has 0 heterocycles. The number of hydrogen-bond donors (Lipinski definition) is 3. The second kappa shape index (κ2) is 7.11. The Bertz CT molecular complexity index is 402. The van der Waals surface area contributed by atoms with Crippen molar-refractivity contribution in [3.8, 4) is 5.75 Å². The number of aliphatic hydroxyl groups excluding tert-OH is 2. The van der Waals surface area contributed by atoms with Gasteiger partial charge in [0.15, 0.2) is 0 Å². The molecule has 0 saturated carbocycles. The zero-order chi connectivity index (χ0) is 14.4. The zero-order valence-electron chi connectivity index (χ0n) is 11.5. The molecular formula is C14H21NO4. The van der Waals surface area contributed by atoms with E-state index in [1.807, 2.05) is 13.8 Å². The Morgan fingerprint density at radius 2 is 1.84 bits per heavy atom. The molecule has 0 aliphatic rings. The lowest BCUT2D eigenvalue weighted by atomic mass is 10.0. The van der Waals surface area contributed by atoms with Crippen molar-refractivity contribution < 1.29 is 19.7 Å². The lowest BCUT2D eigenvalue weighted by molar-refractivity contribution is -0.119. The second-order valence-corrected chi connectivity index (χ2v) is 4.68. The third-order valence-electron chi connectivity index (χ3n) is 2.52. The number of carbonyl (C=O) groups excluding carboxylic acids is 1. The standard InChI is InChI=1S/C14H21NO4/c1-9(2)19-12-6-4-11(5-7-12)14(18)13(17)8-15-10(3)16/h4-7,9,13-14,17-18H,8H2,1-3H3,(H,15,16). The first-order valence-corrected chi connectivity index (χ1v) is 6.27. The Morgan fingerprint density at radius 1 is 1.26 bits per heavy atom. The molecule has 1 rings (SSSR count). The first-order valence-electron chi connectivity index (χ1n) is 6.27. The van der Waals surface area contributed by atoms with E-state index in [2.05, 4.69) is 5.32 Å². The van der Waals surface area contributed by atoms with E-state index >= 15 is 0 Å². The number of amides is 1. The van der Waals surface area contributed by atoms with Gasteiger partial charge in [0.25, 0.3) is 0 Å². The van der Waals surface area contributed by atoms with Gasteiger partial charge >= 0.3 is 0 Å². The van der Waals surface area contributed by atoms with Gasteiger partial charge in [-0.15, -0.1) is 0 Å². The highest BCUT2D eigenvalue weighted by Gasteiger charge is 2.18. The quantitative estimate of drug-likeness (QED) is 0.718. The van der Waals surface area contributed by atoms with Crippen LogP contribution in [0.1, 0.15) is 32.4 Å². The van der Waals surface area contributed by atoms with Crippen LogP contribution in [-0.2, 0) is 4.79 Å². The molecule has 5 heteroatoms. The molecule has 0 spiro atoms. The first kappa shape index (κ1) is 15.5. The summed E-state index contributed by atoms with van der Waals surface area (Å²) in [4.78, 5) is 10.7. The van der Waals surface area contributed by atoms with Gasteiger partial charge in [0.05, 0.1) is 6.10 Å². The Labute approximate surface area is 113 Å². The Kier molecular flexibility index (Phi) is 5.79. The molecule has 3 N–H and O–H groups in total. The molecule has 0 aliphatic heterocycles. The minimum absolute atomic E-state index is 0.0146.